The molecule has 10 heavy (non-hydrogen) atoms. The van der Waals surface area contributed by atoms with Crippen molar-refractivity contribution in [2.45, 2.75) is 20.3 Å². The smallest absolute Gasteiger partial charge is 0.0508 e. The molecule has 0 radical (unpaired) electrons. The van der Waals surface area contributed by atoms with Gasteiger partial charge in [-0.2, -0.15) is 0 Å². The number of carbonyl (C=O) groups is 1. The van der Waals surface area contributed by atoms with E-state index in [2.05, 4.69) is 5.32 Å². The van der Waals surface area contributed by atoms with E-state index < -0.39 is 0 Å². The molecular formula is C5H10F2HfNO-3. The molecule has 5 heteroatoms. The van der Waals surface area contributed by atoms with Crippen molar-refractivity contribution in [2.75, 3.05) is 6.54 Å². The molecule has 2 nitrogen and oxygen atoms in total. The normalized spacial score (nSPS) is 5.80. The van der Waals surface area contributed by atoms with Crippen molar-refractivity contribution in [2.24, 2.45) is 0 Å². The topological polar surface area (TPSA) is 31.2 Å². The van der Waals surface area contributed by atoms with Crippen LogP contribution in [-0.2, 0) is 30.6 Å². The van der Waals surface area contributed by atoms with Crippen molar-refractivity contribution in [1.29, 1.82) is 0 Å². The standard InChI is InChI=1S/C5H11NO.2FH.Hf/c1-3-5(7)6-4-2;;;/h3-4H2,1-2H3,(H,6,7);2*1H;/p-3. The number of rotatable bonds is 2. The van der Waals surface area contributed by atoms with Gasteiger partial charge in [-0.15, -0.1) is 6.54 Å². The second-order valence-corrected chi connectivity index (χ2v) is 1.22. The van der Waals surface area contributed by atoms with Crippen LogP contribution in [0.1, 0.15) is 20.3 Å². The maximum atomic E-state index is 10.2. The Bertz CT molecular complexity index is 72.7. The van der Waals surface area contributed by atoms with Crippen molar-refractivity contribution in [1.82, 2.24) is 0 Å². The average molecular weight is 317 g/mol. The third-order valence-electron chi connectivity index (χ3n) is 0.637. The van der Waals surface area contributed by atoms with Gasteiger partial charge in [0.2, 0.25) is 0 Å². The molecule has 0 aromatic carbocycles. The first-order valence-corrected chi connectivity index (χ1v) is 2.51. The van der Waals surface area contributed by atoms with Gasteiger partial charge in [-0.05, 0) is 6.42 Å². The summed E-state index contributed by atoms with van der Waals surface area (Å²) in [7, 11) is 0. The van der Waals surface area contributed by atoms with Crippen molar-refractivity contribution in [3.63, 3.8) is 0 Å². The van der Waals surface area contributed by atoms with Gasteiger partial charge in [0.05, 0.1) is 5.91 Å². The van der Waals surface area contributed by atoms with Gasteiger partial charge < -0.3 is 19.5 Å². The van der Waals surface area contributed by atoms with Gasteiger partial charge >= 0.3 is 0 Å². The maximum absolute atomic E-state index is 10.2. The van der Waals surface area contributed by atoms with Gasteiger partial charge in [0.15, 0.2) is 0 Å². The van der Waals surface area contributed by atoms with Crippen LogP contribution >= 0.6 is 0 Å². The molecule has 0 N–H and O–H groups in total. The molecule has 0 aromatic heterocycles. The first-order valence-electron chi connectivity index (χ1n) is 2.51. The first kappa shape index (κ1) is 22.5. The van der Waals surface area contributed by atoms with Crippen LogP contribution in [0.15, 0.2) is 0 Å². The largest absolute Gasteiger partial charge is 1.00 e. The van der Waals surface area contributed by atoms with Crippen molar-refractivity contribution < 1.29 is 40.0 Å². The van der Waals surface area contributed by atoms with Gasteiger partial charge in [-0.1, -0.05) is 13.8 Å². The number of hydrogen-bond donors (Lipinski definition) is 0. The Kier molecular flexibility index (Phi) is 36.1. The molecule has 0 rings (SSSR count). The summed E-state index contributed by atoms with van der Waals surface area (Å²) in [6.07, 6.45) is 0.536. The van der Waals surface area contributed by atoms with E-state index in [1.807, 2.05) is 13.8 Å². The Balaban J connectivity index is -0.0000000600. The minimum Gasteiger partial charge on any atom is -1.00 e. The van der Waals surface area contributed by atoms with E-state index in [0.29, 0.717) is 13.0 Å². The van der Waals surface area contributed by atoms with Crippen LogP contribution < -0.4 is 9.41 Å². The van der Waals surface area contributed by atoms with Crippen LogP contribution in [0.2, 0.25) is 0 Å². The minimum atomic E-state index is 0. The van der Waals surface area contributed by atoms with Crippen molar-refractivity contribution in [3.8, 4) is 0 Å². The maximum Gasteiger partial charge on any atom is 0.0508 e. The molecule has 0 heterocycles. The zero-order valence-electron chi connectivity index (χ0n) is 6.03. The number of halogens is 2. The van der Waals surface area contributed by atoms with Crippen LogP contribution in [0.5, 0.6) is 0 Å². The summed E-state index contributed by atoms with van der Waals surface area (Å²) in [5.41, 5.74) is 0. The predicted molar refractivity (Wildman–Crippen MR) is 29.2 cm³/mol. The van der Waals surface area contributed by atoms with Crippen LogP contribution in [-0.4, -0.2) is 12.5 Å². The number of amides is 1. The molecule has 1 amide bonds. The predicted octanol–water partition coefficient (Wildman–Crippen LogP) is -4.68. The van der Waals surface area contributed by atoms with Crippen LogP contribution in [0, 0.1) is 0 Å². The SMILES string of the molecule is CC[N-]C(=O)CC.[F-].[F-].[Hf]. The minimum absolute atomic E-state index is 0. The molecule has 0 aliphatic carbocycles. The Hall–Kier alpha value is 0.200. The van der Waals surface area contributed by atoms with Crippen LogP contribution in [0.25, 0.3) is 5.32 Å². The molecule has 0 aliphatic heterocycles. The molecule has 0 bridgehead atoms. The first-order chi connectivity index (χ1) is 3.31. The Morgan fingerprint density at radius 1 is 1.30 bits per heavy atom. The molecule has 0 atom stereocenters. The fourth-order valence-corrected chi connectivity index (χ4v) is 0.288. The Labute approximate surface area is 78.3 Å². The van der Waals surface area contributed by atoms with E-state index in [1.165, 1.54) is 0 Å². The summed E-state index contributed by atoms with van der Waals surface area (Å²) < 4.78 is 0. The molecular weight excluding hydrogens is 307 g/mol. The molecule has 0 saturated heterocycles. The third-order valence-corrected chi connectivity index (χ3v) is 0.637. The number of hydrogen-bond acceptors (Lipinski definition) is 1. The molecule has 62 valence electrons. The van der Waals surface area contributed by atoms with E-state index >= 15 is 0 Å². The summed E-state index contributed by atoms with van der Waals surface area (Å²) in [5, 5.41) is 3.60. The van der Waals surface area contributed by atoms with E-state index in [9.17, 15) is 4.79 Å². The van der Waals surface area contributed by atoms with Crippen LogP contribution in [0.3, 0.4) is 0 Å². The van der Waals surface area contributed by atoms with Crippen molar-refractivity contribution >= 4 is 5.91 Å². The molecule has 0 aromatic rings. The Morgan fingerprint density at radius 3 is 1.80 bits per heavy atom. The van der Waals surface area contributed by atoms with E-state index in [0.717, 1.165) is 0 Å². The molecule has 0 unspecified atom stereocenters. The second kappa shape index (κ2) is 16.1. The quantitative estimate of drug-likeness (QED) is 0.471. The average Bonchev–Trinajstić information content (AvgIpc) is 1.68. The number of nitrogens with zero attached hydrogens (tertiary/aromatic N) is 1. The van der Waals surface area contributed by atoms with E-state index in [4.69, 9.17) is 0 Å². The Morgan fingerprint density at radius 2 is 1.70 bits per heavy atom. The van der Waals surface area contributed by atoms with E-state index in [1.54, 1.807) is 0 Å². The van der Waals surface area contributed by atoms with Crippen molar-refractivity contribution in [3.05, 3.63) is 5.32 Å². The summed E-state index contributed by atoms with van der Waals surface area (Å²) in [4.78, 5) is 10.2. The van der Waals surface area contributed by atoms with Crippen LogP contribution in [0.4, 0.5) is 0 Å². The second-order valence-electron chi connectivity index (χ2n) is 1.22. The van der Waals surface area contributed by atoms with E-state index in [-0.39, 0.29) is 41.2 Å². The fourth-order valence-electron chi connectivity index (χ4n) is 0.288. The van der Waals surface area contributed by atoms with Gasteiger partial charge in [0.25, 0.3) is 0 Å². The monoisotopic (exact) mass is 318 g/mol. The molecule has 0 spiro atoms. The summed E-state index contributed by atoms with van der Waals surface area (Å²) in [6, 6.07) is 0. The molecule has 0 aliphatic rings. The molecule has 0 fully saturated rings. The van der Waals surface area contributed by atoms with Gasteiger partial charge in [-0.25, -0.2) is 0 Å². The summed E-state index contributed by atoms with van der Waals surface area (Å²) in [6.45, 7) is 4.28. The van der Waals surface area contributed by atoms with Gasteiger partial charge in [0.1, 0.15) is 0 Å². The zero-order valence-corrected chi connectivity index (χ0v) is 9.62. The third kappa shape index (κ3) is 15.7. The zero-order chi connectivity index (χ0) is 5.70. The summed E-state index contributed by atoms with van der Waals surface area (Å²) >= 11 is 0. The fraction of sp³-hybridized carbons (Fsp3) is 0.800. The molecule has 0 saturated carbocycles. The number of carbonyl (C=O) groups excluding carboxylic acids is 1. The van der Waals surface area contributed by atoms with Gasteiger partial charge in [0, 0.05) is 25.8 Å². The summed E-state index contributed by atoms with van der Waals surface area (Å²) in [5.74, 6) is 0.00231. The van der Waals surface area contributed by atoms with Gasteiger partial charge in [-0.3, -0.25) is 0 Å².